The Morgan fingerprint density at radius 2 is 1.89 bits per heavy atom. The third kappa shape index (κ3) is 3.75. The molecular formula is C16H16F5N3O3S. The normalized spacial score (nSPS) is 21.3. The van der Waals surface area contributed by atoms with Gasteiger partial charge in [0.15, 0.2) is 5.41 Å². The van der Waals surface area contributed by atoms with E-state index in [4.69, 9.17) is 4.52 Å². The van der Waals surface area contributed by atoms with Gasteiger partial charge < -0.3 is 4.52 Å². The summed E-state index contributed by atoms with van der Waals surface area (Å²) in [5.74, 6) is -2.05. The molecule has 28 heavy (non-hydrogen) atoms. The highest BCUT2D eigenvalue weighted by Crippen LogP contribution is 2.48. The predicted molar refractivity (Wildman–Crippen MR) is 88.0 cm³/mol. The Balaban J connectivity index is 1.93. The number of nitrogens with zero attached hydrogens (tertiary/aromatic N) is 3. The number of benzene rings is 1. The van der Waals surface area contributed by atoms with Gasteiger partial charge in [-0.1, -0.05) is 5.16 Å². The van der Waals surface area contributed by atoms with Crippen molar-refractivity contribution in [1.29, 1.82) is 0 Å². The summed E-state index contributed by atoms with van der Waals surface area (Å²) in [6, 6.07) is 4.76. The van der Waals surface area contributed by atoms with Gasteiger partial charge in [0.25, 0.3) is 0 Å². The van der Waals surface area contributed by atoms with Gasteiger partial charge in [0, 0.05) is 18.7 Å². The number of rotatable bonds is 6. The summed E-state index contributed by atoms with van der Waals surface area (Å²) in [5, 5.41) is 3.53. The maximum absolute atomic E-state index is 13.9. The predicted octanol–water partition coefficient (Wildman–Crippen LogP) is 3.07. The lowest BCUT2D eigenvalue weighted by atomic mass is 9.86. The zero-order valence-corrected chi connectivity index (χ0v) is 15.2. The van der Waals surface area contributed by atoms with Gasteiger partial charge >= 0.3 is 6.18 Å². The van der Waals surface area contributed by atoms with Crippen LogP contribution in [0, 0.1) is 5.82 Å². The number of hydrogen-bond donors (Lipinski definition) is 0. The SMILES string of the molecule is O=S(=O)(CCCF)N1CCC(c2nc(-c3ccc(F)cc3)no2)(C(F)(F)F)C1. The van der Waals surface area contributed by atoms with E-state index in [0.29, 0.717) is 4.31 Å². The number of aromatic nitrogens is 2. The molecule has 1 fully saturated rings. The Kier molecular flexibility index (Phi) is 5.45. The van der Waals surface area contributed by atoms with Crippen LogP contribution in [0.5, 0.6) is 0 Å². The maximum Gasteiger partial charge on any atom is 0.404 e. The molecular weight excluding hydrogens is 409 g/mol. The Hall–Kier alpha value is -2.08. The maximum atomic E-state index is 13.9. The van der Waals surface area contributed by atoms with Crippen LogP contribution in [0.2, 0.25) is 0 Å². The van der Waals surface area contributed by atoms with Gasteiger partial charge in [0.2, 0.25) is 21.7 Å². The van der Waals surface area contributed by atoms with E-state index >= 15 is 0 Å². The smallest absolute Gasteiger partial charge is 0.338 e. The van der Waals surface area contributed by atoms with Gasteiger partial charge in [0.1, 0.15) is 5.82 Å². The van der Waals surface area contributed by atoms with Crippen LogP contribution in [0.1, 0.15) is 18.7 Å². The Morgan fingerprint density at radius 1 is 1.21 bits per heavy atom. The van der Waals surface area contributed by atoms with Crippen LogP contribution in [0.4, 0.5) is 22.0 Å². The van der Waals surface area contributed by atoms with Crippen molar-refractivity contribution in [3.05, 3.63) is 36.0 Å². The number of sulfonamides is 1. The molecule has 1 unspecified atom stereocenters. The molecule has 0 amide bonds. The second kappa shape index (κ2) is 7.39. The molecule has 0 bridgehead atoms. The van der Waals surface area contributed by atoms with E-state index in [9.17, 15) is 30.4 Å². The van der Waals surface area contributed by atoms with Crippen molar-refractivity contribution in [2.75, 3.05) is 25.5 Å². The molecule has 1 aromatic heterocycles. The molecule has 1 saturated heterocycles. The zero-order valence-electron chi connectivity index (χ0n) is 14.4. The molecule has 1 aliphatic heterocycles. The van der Waals surface area contributed by atoms with Crippen molar-refractivity contribution in [3.8, 4) is 11.4 Å². The molecule has 1 atom stereocenters. The monoisotopic (exact) mass is 425 g/mol. The van der Waals surface area contributed by atoms with Crippen LogP contribution in [-0.4, -0.2) is 54.6 Å². The molecule has 6 nitrogen and oxygen atoms in total. The van der Waals surface area contributed by atoms with E-state index in [1.165, 1.54) is 12.1 Å². The van der Waals surface area contributed by atoms with E-state index in [1.807, 2.05) is 0 Å². The first kappa shape index (κ1) is 20.6. The molecule has 0 saturated carbocycles. The van der Waals surface area contributed by atoms with Gasteiger partial charge in [-0.05, 0) is 37.1 Å². The van der Waals surface area contributed by atoms with Gasteiger partial charge in [0.05, 0.1) is 12.4 Å². The summed E-state index contributed by atoms with van der Waals surface area (Å²) in [7, 11) is -4.05. The third-order valence-electron chi connectivity index (χ3n) is 4.64. The van der Waals surface area contributed by atoms with E-state index in [2.05, 4.69) is 10.1 Å². The Labute approximate surface area is 157 Å². The highest BCUT2D eigenvalue weighted by molar-refractivity contribution is 7.89. The van der Waals surface area contributed by atoms with E-state index in [1.54, 1.807) is 0 Å². The summed E-state index contributed by atoms with van der Waals surface area (Å²) in [6.07, 6.45) is -5.76. The minimum Gasteiger partial charge on any atom is -0.338 e. The molecule has 154 valence electrons. The van der Waals surface area contributed by atoms with Gasteiger partial charge in [-0.2, -0.15) is 18.2 Å². The van der Waals surface area contributed by atoms with Crippen LogP contribution in [-0.2, 0) is 15.4 Å². The Morgan fingerprint density at radius 3 is 2.50 bits per heavy atom. The topological polar surface area (TPSA) is 76.3 Å². The molecule has 0 N–H and O–H groups in total. The fourth-order valence-electron chi connectivity index (χ4n) is 3.04. The summed E-state index contributed by atoms with van der Waals surface area (Å²) in [6.45, 7) is -2.21. The second-order valence-corrected chi connectivity index (χ2v) is 8.54. The highest BCUT2D eigenvalue weighted by atomic mass is 32.2. The van der Waals surface area contributed by atoms with Crippen LogP contribution < -0.4 is 0 Å². The van der Waals surface area contributed by atoms with Crippen molar-refractivity contribution in [2.24, 2.45) is 0 Å². The summed E-state index contributed by atoms with van der Waals surface area (Å²) in [5.41, 5.74) is -2.42. The van der Waals surface area contributed by atoms with Gasteiger partial charge in [-0.3, -0.25) is 4.39 Å². The minimum atomic E-state index is -4.86. The van der Waals surface area contributed by atoms with E-state index < -0.39 is 65.3 Å². The number of halogens is 5. The fraction of sp³-hybridized carbons (Fsp3) is 0.500. The lowest BCUT2D eigenvalue weighted by Crippen LogP contribution is -2.46. The van der Waals surface area contributed by atoms with Crippen LogP contribution in [0.3, 0.4) is 0 Å². The first-order valence-corrected chi connectivity index (χ1v) is 9.91. The standard InChI is InChI=1S/C16H16F5N3O3S/c17-7-1-9-28(25,26)24-8-6-15(10-24,16(19,20)21)14-22-13(23-27-14)11-2-4-12(18)5-3-11/h2-5H,1,6-10H2. The average Bonchev–Trinajstić information content (AvgIpc) is 3.28. The van der Waals surface area contributed by atoms with Gasteiger partial charge in [-0.15, -0.1) is 0 Å². The molecule has 12 heteroatoms. The molecule has 0 spiro atoms. The average molecular weight is 425 g/mol. The quantitative estimate of drug-likeness (QED) is 0.665. The lowest BCUT2D eigenvalue weighted by molar-refractivity contribution is -0.192. The zero-order chi connectivity index (χ0) is 20.6. The number of alkyl halides is 4. The second-order valence-electron chi connectivity index (χ2n) is 6.45. The Bertz CT molecular complexity index is 930. The van der Waals surface area contributed by atoms with E-state index in [0.717, 1.165) is 12.1 Å². The molecule has 1 aliphatic rings. The van der Waals surface area contributed by atoms with Gasteiger partial charge in [-0.25, -0.2) is 17.1 Å². The molecule has 0 aliphatic carbocycles. The fourth-order valence-corrected chi connectivity index (χ4v) is 4.56. The molecule has 1 aromatic carbocycles. The van der Waals surface area contributed by atoms with Crippen molar-refractivity contribution in [2.45, 2.75) is 24.4 Å². The van der Waals surface area contributed by atoms with Crippen LogP contribution in [0.25, 0.3) is 11.4 Å². The third-order valence-corrected chi connectivity index (χ3v) is 6.55. The summed E-state index contributed by atoms with van der Waals surface area (Å²) in [4.78, 5) is 3.81. The van der Waals surface area contributed by atoms with E-state index in [-0.39, 0.29) is 17.8 Å². The first-order valence-electron chi connectivity index (χ1n) is 8.30. The summed E-state index contributed by atoms with van der Waals surface area (Å²) >= 11 is 0. The summed E-state index contributed by atoms with van der Waals surface area (Å²) < 4.78 is 97.0. The van der Waals surface area contributed by atoms with Crippen LogP contribution >= 0.6 is 0 Å². The molecule has 3 rings (SSSR count). The van der Waals surface area contributed by atoms with Crippen LogP contribution in [0.15, 0.2) is 28.8 Å². The van der Waals surface area contributed by atoms with Crippen molar-refractivity contribution < 1.29 is 34.9 Å². The molecule has 0 radical (unpaired) electrons. The molecule has 2 heterocycles. The van der Waals surface area contributed by atoms with Crippen molar-refractivity contribution in [3.63, 3.8) is 0 Å². The lowest BCUT2D eigenvalue weighted by Gasteiger charge is -2.27. The minimum absolute atomic E-state index is 0.169. The number of hydrogen-bond acceptors (Lipinski definition) is 5. The molecule has 2 aromatic rings. The van der Waals surface area contributed by atoms with Crippen molar-refractivity contribution in [1.82, 2.24) is 14.4 Å². The first-order chi connectivity index (χ1) is 13.1. The highest BCUT2D eigenvalue weighted by Gasteiger charge is 2.64. The largest absolute Gasteiger partial charge is 0.404 e. The van der Waals surface area contributed by atoms with Crippen molar-refractivity contribution >= 4 is 10.0 Å².